The van der Waals surface area contributed by atoms with Crippen molar-refractivity contribution in [2.24, 2.45) is 11.7 Å². The van der Waals surface area contributed by atoms with E-state index in [0.717, 1.165) is 18.2 Å². The zero-order valence-electron chi connectivity index (χ0n) is 11.1. The molecule has 5 nitrogen and oxygen atoms in total. The van der Waals surface area contributed by atoms with Gasteiger partial charge in [0.25, 0.3) is 0 Å². The van der Waals surface area contributed by atoms with E-state index in [9.17, 15) is 0 Å². The molecule has 1 aromatic heterocycles. The summed E-state index contributed by atoms with van der Waals surface area (Å²) in [6.45, 7) is 3.41. The standard InChI is InChI=1S/C13H21N5/c1-17-6-5-10(8-17)9-18(2)11-3-4-12(13(14)15)16-7-11/h3-4,7,10H,5-6,8-9H2,1-2H3,(H3,14,15). The Bertz CT molecular complexity index is 414. The first-order valence-electron chi connectivity index (χ1n) is 6.26. The lowest BCUT2D eigenvalue weighted by molar-refractivity contribution is 0.396. The maximum absolute atomic E-state index is 7.31. The molecule has 0 saturated carbocycles. The van der Waals surface area contributed by atoms with Gasteiger partial charge in [-0.1, -0.05) is 0 Å². The summed E-state index contributed by atoms with van der Waals surface area (Å²) in [6, 6.07) is 3.78. The molecular weight excluding hydrogens is 226 g/mol. The predicted octanol–water partition coefficient (Wildman–Crippen LogP) is 0.754. The van der Waals surface area contributed by atoms with E-state index in [1.54, 1.807) is 12.3 Å². The second-order valence-corrected chi connectivity index (χ2v) is 5.11. The number of nitrogens with one attached hydrogen (secondary N) is 1. The van der Waals surface area contributed by atoms with E-state index in [2.05, 4.69) is 28.9 Å². The molecule has 1 aliphatic rings. The van der Waals surface area contributed by atoms with Crippen LogP contribution in [-0.4, -0.2) is 49.4 Å². The number of amidine groups is 1. The van der Waals surface area contributed by atoms with Crippen LogP contribution >= 0.6 is 0 Å². The zero-order valence-corrected chi connectivity index (χ0v) is 11.1. The molecule has 0 amide bonds. The Hall–Kier alpha value is -1.62. The molecule has 0 radical (unpaired) electrons. The highest BCUT2D eigenvalue weighted by Gasteiger charge is 2.20. The van der Waals surface area contributed by atoms with Crippen LogP contribution in [0.5, 0.6) is 0 Å². The molecule has 0 aliphatic carbocycles. The Morgan fingerprint density at radius 2 is 2.39 bits per heavy atom. The minimum absolute atomic E-state index is 0.0154. The van der Waals surface area contributed by atoms with Crippen LogP contribution in [0.2, 0.25) is 0 Å². The number of anilines is 1. The fourth-order valence-electron chi connectivity index (χ4n) is 2.44. The lowest BCUT2D eigenvalue weighted by atomic mass is 10.1. The van der Waals surface area contributed by atoms with E-state index < -0.39 is 0 Å². The topological polar surface area (TPSA) is 69.2 Å². The Balaban J connectivity index is 1.96. The van der Waals surface area contributed by atoms with Gasteiger partial charge in [-0.25, -0.2) is 0 Å². The minimum atomic E-state index is 0.0154. The van der Waals surface area contributed by atoms with Gasteiger partial charge in [-0.3, -0.25) is 10.4 Å². The monoisotopic (exact) mass is 247 g/mol. The molecule has 0 aromatic carbocycles. The Kier molecular flexibility index (Phi) is 3.81. The van der Waals surface area contributed by atoms with Crippen molar-refractivity contribution in [3.05, 3.63) is 24.0 Å². The van der Waals surface area contributed by atoms with E-state index >= 15 is 0 Å². The van der Waals surface area contributed by atoms with Crippen molar-refractivity contribution in [1.29, 1.82) is 5.41 Å². The summed E-state index contributed by atoms with van der Waals surface area (Å²) < 4.78 is 0. The fourth-order valence-corrected chi connectivity index (χ4v) is 2.44. The van der Waals surface area contributed by atoms with Gasteiger partial charge in [-0.2, -0.15) is 0 Å². The van der Waals surface area contributed by atoms with Crippen LogP contribution in [0.4, 0.5) is 5.69 Å². The molecule has 98 valence electrons. The van der Waals surface area contributed by atoms with Crippen molar-refractivity contribution >= 4 is 11.5 Å². The third-order valence-corrected chi connectivity index (χ3v) is 3.49. The third kappa shape index (κ3) is 2.98. The average Bonchev–Trinajstić information content (AvgIpc) is 2.75. The molecule has 1 saturated heterocycles. The molecule has 1 aliphatic heterocycles. The summed E-state index contributed by atoms with van der Waals surface area (Å²) in [4.78, 5) is 8.78. The highest BCUT2D eigenvalue weighted by molar-refractivity contribution is 5.93. The Morgan fingerprint density at radius 3 is 2.89 bits per heavy atom. The van der Waals surface area contributed by atoms with Gasteiger partial charge < -0.3 is 15.5 Å². The van der Waals surface area contributed by atoms with Gasteiger partial charge in [0.2, 0.25) is 0 Å². The van der Waals surface area contributed by atoms with Crippen LogP contribution in [0.25, 0.3) is 0 Å². The van der Waals surface area contributed by atoms with Crippen molar-refractivity contribution < 1.29 is 0 Å². The van der Waals surface area contributed by atoms with E-state index in [1.165, 1.54) is 19.5 Å². The van der Waals surface area contributed by atoms with Crippen LogP contribution in [-0.2, 0) is 0 Å². The molecule has 1 unspecified atom stereocenters. The molecule has 2 heterocycles. The van der Waals surface area contributed by atoms with Gasteiger partial charge in [0, 0.05) is 20.1 Å². The number of hydrogen-bond acceptors (Lipinski definition) is 4. The normalized spacial score (nSPS) is 20.0. The molecule has 0 spiro atoms. The summed E-state index contributed by atoms with van der Waals surface area (Å²) in [6.07, 6.45) is 3.05. The highest BCUT2D eigenvalue weighted by atomic mass is 15.2. The Morgan fingerprint density at radius 1 is 1.61 bits per heavy atom. The quantitative estimate of drug-likeness (QED) is 0.608. The smallest absolute Gasteiger partial charge is 0.141 e. The average molecular weight is 247 g/mol. The molecule has 5 heteroatoms. The number of aromatic nitrogens is 1. The SMILES string of the molecule is CN1CCC(CN(C)c2ccc(C(=N)N)nc2)C1. The summed E-state index contributed by atoms with van der Waals surface area (Å²) in [5.41, 5.74) is 7.00. The molecule has 18 heavy (non-hydrogen) atoms. The van der Waals surface area contributed by atoms with Crippen LogP contribution in [0.15, 0.2) is 18.3 Å². The van der Waals surface area contributed by atoms with Gasteiger partial charge in [-0.05, 0) is 38.1 Å². The number of nitrogen functional groups attached to an aromatic ring is 1. The van der Waals surface area contributed by atoms with Crippen molar-refractivity contribution in [1.82, 2.24) is 9.88 Å². The molecule has 1 atom stereocenters. The van der Waals surface area contributed by atoms with Gasteiger partial charge in [0.15, 0.2) is 0 Å². The van der Waals surface area contributed by atoms with E-state index in [0.29, 0.717) is 5.69 Å². The molecule has 2 rings (SSSR count). The second-order valence-electron chi connectivity index (χ2n) is 5.11. The van der Waals surface area contributed by atoms with Crippen molar-refractivity contribution in [2.45, 2.75) is 6.42 Å². The van der Waals surface area contributed by atoms with Gasteiger partial charge in [-0.15, -0.1) is 0 Å². The predicted molar refractivity (Wildman–Crippen MR) is 74.1 cm³/mol. The van der Waals surface area contributed by atoms with Gasteiger partial charge in [0.05, 0.1) is 11.9 Å². The lowest BCUT2D eigenvalue weighted by Gasteiger charge is -2.22. The molecule has 0 bridgehead atoms. The van der Waals surface area contributed by atoms with E-state index in [4.69, 9.17) is 11.1 Å². The third-order valence-electron chi connectivity index (χ3n) is 3.49. The van der Waals surface area contributed by atoms with Crippen LogP contribution in [0.3, 0.4) is 0 Å². The summed E-state index contributed by atoms with van der Waals surface area (Å²) >= 11 is 0. The van der Waals surface area contributed by atoms with E-state index in [-0.39, 0.29) is 5.84 Å². The number of rotatable bonds is 4. The van der Waals surface area contributed by atoms with Crippen LogP contribution < -0.4 is 10.6 Å². The first-order valence-corrected chi connectivity index (χ1v) is 6.26. The van der Waals surface area contributed by atoms with Crippen molar-refractivity contribution in [3.63, 3.8) is 0 Å². The van der Waals surface area contributed by atoms with Crippen molar-refractivity contribution in [3.8, 4) is 0 Å². The highest BCUT2D eigenvalue weighted by Crippen LogP contribution is 2.19. The summed E-state index contributed by atoms with van der Waals surface area (Å²) in [7, 11) is 4.26. The fraction of sp³-hybridized carbons (Fsp3) is 0.538. The van der Waals surface area contributed by atoms with Gasteiger partial charge in [0.1, 0.15) is 11.5 Å². The number of nitrogens with zero attached hydrogens (tertiary/aromatic N) is 3. The molecule has 1 aromatic rings. The summed E-state index contributed by atoms with van der Waals surface area (Å²) in [5, 5.41) is 7.31. The number of likely N-dealkylation sites (tertiary alicyclic amines) is 1. The van der Waals surface area contributed by atoms with Crippen LogP contribution in [0.1, 0.15) is 12.1 Å². The molecular formula is C13H21N5. The second kappa shape index (κ2) is 5.35. The largest absolute Gasteiger partial charge is 0.382 e. The maximum atomic E-state index is 7.31. The number of pyridine rings is 1. The minimum Gasteiger partial charge on any atom is -0.382 e. The van der Waals surface area contributed by atoms with Gasteiger partial charge >= 0.3 is 0 Å². The van der Waals surface area contributed by atoms with Crippen molar-refractivity contribution in [2.75, 3.05) is 38.6 Å². The molecule has 1 fully saturated rings. The summed E-state index contributed by atoms with van der Waals surface area (Å²) in [5.74, 6) is 0.745. The maximum Gasteiger partial charge on any atom is 0.141 e. The number of nitrogens with two attached hydrogens (primary N) is 1. The zero-order chi connectivity index (χ0) is 13.1. The Labute approximate surface area is 108 Å². The number of hydrogen-bond donors (Lipinski definition) is 2. The molecule has 3 N–H and O–H groups in total. The van der Waals surface area contributed by atoms with Crippen LogP contribution in [0, 0.1) is 11.3 Å². The first kappa shape index (κ1) is 12.8. The lowest BCUT2D eigenvalue weighted by Crippen LogP contribution is -2.27. The van der Waals surface area contributed by atoms with E-state index in [1.807, 2.05) is 6.07 Å². The first-order chi connectivity index (χ1) is 8.56.